The van der Waals surface area contributed by atoms with E-state index in [0.717, 1.165) is 56.6 Å². The number of nitrogens with two attached hydrogens (primary N) is 1. The summed E-state index contributed by atoms with van der Waals surface area (Å²) in [4.78, 5) is 23.2. The number of aromatic nitrogens is 3. The Morgan fingerprint density at radius 2 is 1.83 bits per heavy atom. The standard InChI is InChI=1S/C27H29N5O3/c1-16-4-6-19(7-5-16)24-21(13-23(33)34)18(3)25-26-22(24)12-17(2)31(26)9-10-32(25)27-29-14-20(15-30-27)35-11-8-28/h4-7,12,14-15H,8-11,13,28H2,1-3H3,(H,33,34). The van der Waals surface area contributed by atoms with E-state index in [4.69, 9.17) is 10.5 Å². The van der Waals surface area contributed by atoms with Crippen LogP contribution in [-0.4, -0.2) is 45.3 Å². The molecule has 4 aromatic rings. The number of aryl methyl sites for hydroxylation is 2. The third kappa shape index (κ3) is 4.00. The quantitative estimate of drug-likeness (QED) is 0.417. The number of carboxylic acid groups (broad SMARTS) is 1. The molecule has 1 aliphatic heterocycles. The van der Waals surface area contributed by atoms with Crippen molar-refractivity contribution in [2.45, 2.75) is 33.7 Å². The van der Waals surface area contributed by atoms with E-state index in [-0.39, 0.29) is 6.42 Å². The van der Waals surface area contributed by atoms with Crippen LogP contribution in [0.2, 0.25) is 0 Å². The molecule has 0 radical (unpaired) electrons. The number of hydrogen-bond acceptors (Lipinski definition) is 6. The van der Waals surface area contributed by atoms with Crippen LogP contribution in [0.5, 0.6) is 5.75 Å². The lowest BCUT2D eigenvalue weighted by Gasteiger charge is -2.33. The maximum absolute atomic E-state index is 12.0. The van der Waals surface area contributed by atoms with Crippen molar-refractivity contribution >= 4 is 28.5 Å². The molecular weight excluding hydrogens is 442 g/mol. The first kappa shape index (κ1) is 22.9. The average Bonchev–Trinajstić information content (AvgIpc) is 3.18. The maximum Gasteiger partial charge on any atom is 0.307 e. The molecule has 0 aliphatic carbocycles. The highest BCUT2D eigenvalue weighted by Gasteiger charge is 2.30. The molecule has 3 heterocycles. The number of nitrogens with zero attached hydrogens (tertiary/aromatic N) is 4. The zero-order valence-electron chi connectivity index (χ0n) is 20.2. The number of carboxylic acids is 1. The summed E-state index contributed by atoms with van der Waals surface area (Å²) in [5.41, 5.74) is 13.6. The minimum Gasteiger partial charge on any atom is -0.489 e. The highest BCUT2D eigenvalue weighted by molar-refractivity contribution is 6.08. The average molecular weight is 472 g/mol. The fourth-order valence-corrected chi connectivity index (χ4v) is 5.05. The first-order chi connectivity index (χ1) is 16.9. The number of benzene rings is 2. The second-order valence-electron chi connectivity index (χ2n) is 8.97. The first-order valence-electron chi connectivity index (χ1n) is 11.8. The van der Waals surface area contributed by atoms with Gasteiger partial charge in [-0.05, 0) is 49.1 Å². The van der Waals surface area contributed by atoms with Crippen molar-refractivity contribution < 1.29 is 14.6 Å². The lowest BCUT2D eigenvalue weighted by Crippen LogP contribution is -2.30. The zero-order valence-corrected chi connectivity index (χ0v) is 20.2. The van der Waals surface area contributed by atoms with E-state index in [1.54, 1.807) is 12.4 Å². The molecule has 0 spiro atoms. The van der Waals surface area contributed by atoms with Gasteiger partial charge in [-0.15, -0.1) is 0 Å². The summed E-state index contributed by atoms with van der Waals surface area (Å²) < 4.78 is 7.85. The SMILES string of the molecule is Cc1ccc(-c2c(CC(=O)O)c(C)c3c4c2cc(C)n4CCN3c2ncc(OCCN)cn2)cc1. The summed E-state index contributed by atoms with van der Waals surface area (Å²) in [6.07, 6.45) is 3.24. The van der Waals surface area contributed by atoms with Gasteiger partial charge in [-0.25, -0.2) is 9.97 Å². The Bertz CT molecular complexity index is 1410. The third-order valence-corrected chi connectivity index (χ3v) is 6.64. The van der Waals surface area contributed by atoms with Crippen LogP contribution in [0.3, 0.4) is 0 Å². The van der Waals surface area contributed by atoms with Crippen molar-refractivity contribution in [3.8, 4) is 16.9 Å². The van der Waals surface area contributed by atoms with Crippen LogP contribution in [0, 0.1) is 20.8 Å². The highest BCUT2D eigenvalue weighted by Crippen LogP contribution is 2.46. The van der Waals surface area contributed by atoms with Gasteiger partial charge in [-0.1, -0.05) is 29.8 Å². The van der Waals surface area contributed by atoms with Crippen LogP contribution in [0.1, 0.15) is 22.4 Å². The monoisotopic (exact) mass is 471 g/mol. The summed E-state index contributed by atoms with van der Waals surface area (Å²) in [5, 5.41) is 10.9. The Morgan fingerprint density at radius 1 is 1.11 bits per heavy atom. The van der Waals surface area contributed by atoms with Crippen LogP contribution < -0.4 is 15.4 Å². The summed E-state index contributed by atoms with van der Waals surface area (Å²) in [7, 11) is 0. The molecule has 0 atom stereocenters. The van der Waals surface area contributed by atoms with Crippen molar-refractivity contribution in [3.63, 3.8) is 0 Å². The predicted molar refractivity (Wildman–Crippen MR) is 137 cm³/mol. The van der Waals surface area contributed by atoms with Crippen molar-refractivity contribution in [1.82, 2.24) is 14.5 Å². The fourth-order valence-electron chi connectivity index (χ4n) is 5.05. The number of hydrogen-bond donors (Lipinski definition) is 2. The predicted octanol–water partition coefficient (Wildman–Crippen LogP) is 4.14. The minimum atomic E-state index is -0.857. The Labute approximate surface area is 204 Å². The van der Waals surface area contributed by atoms with E-state index in [1.165, 1.54) is 0 Å². The van der Waals surface area contributed by atoms with Gasteiger partial charge >= 0.3 is 5.97 Å². The van der Waals surface area contributed by atoms with Gasteiger partial charge in [0.25, 0.3) is 0 Å². The minimum absolute atomic E-state index is 0.0667. The van der Waals surface area contributed by atoms with Gasteiger partial charge in [0.05, 0.1) is 30.0 Å². The van der Waals surface area contributed by atoms with Gasteiger partial charge in [-0.2, -0.15) is 0 Å². The Balaban J connectivity index is 1.74. The van der Waals surface area contributed by atoms with E-state index < -0.39 is 5.97 Å². The Kier molecular flexibility index (Phi) is 5.90. The molecule has 5 rings (SSSR count). The highest BCUT2D eigenvalue weighted by atomic mass is 16.5. The summed E-state index contributed by atoms with van der Waals surface area (Å²) in [5.74, 6) is 0.270. The molecule has 0 saturated carbocycles. The second-order valence-corrected chi connectivity index (χ2v) is 8.97. The zero-order chi connectivity index (χ0) is 24.7. The molecule has 0 amide bonds. The van der Waals surface area contributed by atoms with Crippen molar-refractivity contribution in [2.75, 3.05) is 24.6 Å². The van der Waals surface area contributed by atoms with Gasteiger partial charge in [0.15, 0.2) is 5.75 Å². The van der Waals surface area contributed by atoms with Crippen molar-refractivity contribution in [3.05, 3.63) is 65.1 Å². The number of ether oxygens (including phenoxy) is 1. The molecule has 35 heavy (non-hydrogen) atoms. The van der Waals surface area contributed by atoms with E-state index >= 15 is 0 Å². The normalized spacial score (nSPS) is 12.9. The Hall–Kier alpha value is -3.91. The van der Waals surface area contributed by atoms with Crippen LogP contribution in [0.25, 0.3) is 22.0 Å². The molecule has 2 aromatic heterocycles. The number of anilines is 2. The van der Waals surface area contributed by atoms with Crippen LogP contribution in [-0.2, 0) is 17.8 Å². The third-order valence-electron chi connectivity index (χ3n) is 6.64. The summed E-state index contributed by atoms with van der Waals surface area (Å²) in [6, 6.07) is 10.5. The largest absolute Gasteiger partial charge is 0.489 e. The van der Waals surface area contributed by atoms with Crippen molar-refractivity contribution in [1.29, 1.82) is 0 Å². The van der Waals surface area contributed by atoms with Crippen LogP contribution in [0.4, 0.5) is 11.6 Å². The molecule has 0 bridgehead atoms. The first-order valence-corrected chi connectivity index (χ1v) is 11.8. The van der Waals surface area contributed by atoms with E-state index in [2.05, 4.69) is 63.6 Å². The molecule has 2 aromatic carbocycles. The van der Waals surface area contributed by atoms with Crippen molar-refractivity contribution in [2.24, 2.45) is 5.73 Å². The maximum atomic E-state index is 12.0. The molecule has 8 heteroatoms. The lowest BCUT2D eigenvalue weighted by molar-refractivity contribution is -0.136. The number of aliphatic carboxylic acids is 1. The van der Waals surface area contributed by atoms with Gasteiger partial charge in [-0.3, -0.25) is 4.79 Å². The molecule has 0 unspecified atom stereocenters. The molecule has 0 fully saturated rings. The van der Waals surface area contributed by atoms with Gasteiger partial charge in [0.1, 0.15) is 6.61 Å². The van der Waals surface area contributed by atoms with Crippen LogP contribution in [0.15, 0.2) is 42.7 Å². The molecule has 1 aliphatic rings. The van der Waals surface area contributed by atoms with Gasteiger partial charge < -0.3 is 25.0 Å². The fraction of sp³-hybridized carbons (Fsp3) is 0.296. The lowest BCUT2D eigenvalue weighted by atomic mass is 9.88. The van der Waals surface area contributed by atoms with E-state index in [9.17, 15) is 9.90 Å². The second kappa shape index (κ2) is 9.03. The number of rotatable bonds is 7. The number of carbonyl (C=O) groups is 1. The van der Waals surface area contributed by atoms with Gasteiger partial charge in [0, 0.05) is 30.7 Å². The van der Waals surface area contributed by atoms with Crippen LogP contribution >= 0.6 is 0 Å². The molecular formula is C27H29N5O3. The molecule has 3 N–H and O–H groups in total. The molecule has 8 nitrogen and oxygen atoms in total. The Morgan fingerprint density at radius 3 is 2.49 bits per heavy atom. The topological polar surface area (TPSA) is 106 Å². The molecule has 0 saturated heterocycles. The van der Waals surface area contributed by atoms with E-state index in [1.807, 2.05) is 6.92 Å². The van der Waals surface area contributed by atoms with E-state index in [0.29, 0.717) is 31.4 Å². The summed E-state index contributed by atoms with van der Waals surface area (Å²) >= 11 is 0. The molecule has 180 valence electrons. The smallest absolute Gasteiger partial charge is 0.307 e. The van der Waals surface area contributed by atoms with Gasteiger partial charge in [0.2, 0.25) is 5.95 Å². The summed E-state index contributed by atoms with van der Waals surface area (Å²) in [6.45, 7) is 8.44.